The average molecular weight is 296 g/mol. The molecule has 0 aromatic rings. The molecule has 0 unspecified atom stereocenters. The van der Waals surface area contributed by atoms with Crippen LogP contribution < -0.4 is 5.32 Å². The van der Waals surface area contributed by atoms with Crippen LogP contribution in [0.15, 0.2) is 0 Å². The largest absolute Gasteiger partial charge is 0.385 e. The molecule has 122 valence electrons. The maximum absolute atomic E-state index is 11.8. The maximum atomic E-state index is 11.8. The van der Waals surface area contributed by atoms with E-state index >= 15 is 0 Å². The van der Waals surface area contributed by atoms with E-state index in [1.165, 1.54) is 38.5 Å². The van der Waals surface area contributed by atoms with Crippen LogP contribution in [0.5, 0.6) is 0 Å². The van der Waals surface area contributed by atoms with Gasteiger partial charge in [0.05, 0.1) is 6.54 Å². The number of carbonyl (C=O) groups excluding carboxylic acids is 1. The van der Waals surface area contributed by atoms with Gasteiger partial charge in [0.25, 0.3) is 0 Å². The summed E-state index contributed by atoms with van der Waals surface area (Å²) < 4.78 is 5.22. The summed E-state index contributed by atoms with van der Waals surface area (Å²) in [5.74, 6) is 1.03. The molecule has 0 bridgehead atoms. The summed E-state index contributed by atoms with van der Waals surface area (Å²) in [4.78, 5) is 14.2. The smallest absolute Gasteiger partial charge is 0.234 e. The predicted octanol–water partition coefficient (Wildman–Crippen LogP) is 2.43. The highest BCUT2D eigenvalue weighted by molar-refractivity contribution is 5.78. The van der Waals surface area contributed by atoms with Crippen molar-refractivity contribution in [2.45, 2.75) is 58.4 Å². The zero-order valence-corrected chi connectivity index (χ0v) is 14.0. The first-order chi connectivity index (χ1) is 10.0. The summed E-state index contributed by atoms with van der Waals surface area (Å²) in [5.41, 5.74) is 0.573. The standard InChI is InChI=1S/C17H32N2O2/c1-14(2)18-16(20)13-19-9-7-17(8-10-19)6-4-15(12-17)5-11-21-3/h14-15H,4-13H2,1-3H3,(H,18,20)/t15-/m1/s1. The maximum Gasteiger partial charge on any atom is 0.234 e. The number of carbonyl (C=O) groups is 1. The molecule has 21 heavy (non-hydrogen) atoms. The zero-order chi connectivity index (χ0) is 15.3. The number of hydrogen-bond acceptors (Lipinski definition) is 3. The minimum absolute atomic E-state index is 0.172. The van der Waals surface area contributed by atoms with E-state index in [-0.39, 0.29) is 11.9 Å². The van der Waals surface area contributed by atoms with Crippen molar-refractivity contribution in [3.05, 3.63) is 0 Å². The Bertz CT molecular complexity index is 336. The van der Waals surface area contributed by atoms with Crippen molar-refractivity contribution in [1.29, 1.82) is 0 Å². The van der Waals surface area contributed by atoms with Crippen molar-refractivity contribution < 1.29 is 9.53 Å². The molecule has 2 fully saturated rings. The second-order valence-electron chi connectivity index (χ2n) is 7.39. The van der Waals surface area contributed by atoms with Gasteiger partial charge in [-0.05, 0) is 76.8 Å². The lowest BCUT2D eigenvalue weighted by Crippen LogP contribution is -2.45. The van der Waals surface area contributed by atoms with E-state index < -0.39 is 0 Å². The topological polar surface area (TPSA) is 41.6 Å². The van der Waals surface area contributed by atoms with Gasteiger partial charge in [-0.25, -0.2) is 0 Å². The van der Waals surface area contributed by atoms with Crippen LogP contribution in [-0.2, 0) is 9.53 Å². The third-order valence-electron chi connectivity index (χ3n) is 5.27. The minimum Gasteiger partial charge on any atom is -0.385 e. The van der Waals surface area contributed by atoms with Crippen LogP contribution in [0, 0.1) is 11.3 Å². The number of methoxy groups -OCH3 is 1. The number of hydrogen-bond donors (Lipinski definition) is 1. The summed E-state index contributed by atoms with van der Waals surface area (Å²) in [6.45, 7) is 7.68. The van der Waals surface area contributed by atoms with Gasteiger partial charge >= 0.3 is 0 Å². The van der Waals surface area contributed by atoms with E-state index in [9.17, 15) is 4.79 Å². The molecule has 1 N–H and O–H groups in total. The van der Waals surface area contributed by atoms with Gasteiger partial charge in [0.1, 0.15) is 0 Å². The molecule has 1 aliphatic carbocycles. The molecular formula is C17H32N2O2. The zero-order valence-electron chi connectivity index (χ0n) is 14.0. The Kier molecular flexibility index (Phi) is 6.06. The summed E-state index contributed by atoms with van der Waals surface area (Å²) in [6.07, 6.45) is 7.89. The van der Waals surface area contributed by atoms with Crippen LogP contribution in [-0.4, -0.2) is 50.2 Å². The van der Waals surface area contributed by atoms with Gasteiger partial charge in [-0.2, -0.15) is 0 Å². The Morgan fingerprint density at radius 2 is 2.05 bits per heavy atom. The van der Waals surface area contributed by atoms with Crippen LogP contribution in [0.25, 0.3) is 0 Å². The van der Waals surface area contributed by atoms with Crippen molar-refractivity contribution in [3.63, 3.8) is 0 Å². The molecule has 2 rings (SSSR count). The quantitative estimate of drug-likeness (QED) is 0.818. The molecule has 1 saturated heterocycles. The van der Waals surface area contributed by atoms with E-state index in [1.54, 1.807) is 7.11 Å². The molecule has 1 amide bonds. The SMILES string of the molecule is COCC[C@H]1CCC2(CCN(CC(=O)NC(C)C)CC2)C1. The van der Waals surface area contributed by atoms with E-state index in [4.69, 9.17) is 4.74 Å². The second-order valence-corrected chi connectivity index (χ2v) is 7.39. The lowest BCUT2D eigenvalue weighted by Gasteiger charge is -2.39. The van der Waals surface area contributed by atoms with E-state index in [2.05, 4.69) is 10.2 Å². The summed E-state index contributed by atoms with van der Waals surface area (Å²) in [5, 5.41) is 2.99. The molecular weight excluding hydrogens is 264 g/mol. The van der Waals surface area contributed by atoms with Crippen molar-refractivity contribution in [3.8, 4) is 0 Å². The molecule has 1 spiro atoms. The molecule has 1 heterocycles. The number of nitrogens with zero attached hydrogens (tertiary/aromatic N) is 1. The Morgan fingerprint density at radius 1 is 1.33 bits per heavy atom. The molecule has 4 heteroatoms. The Balaban J connectivity index is 1.72. The fourth-order valence-electron chi connectivity index (χ4n) is 4.07. The summed E-state index contributed by atoms with van der Waals surface area (Å²) >= 11 is 0. The predicted molar refractivity (Wildman–Crippen MR) is 85.2 cm³/mol. The molecule has 4 nitrogen and oxygen atoms in total. The Labute approximate surface area is 129 Å². The first kappa shape index (κ1) is 16.8. The van der Waals surface area contributed by atoms with E-state index in [1.807, 2.05) is 13.8 Å². The minimum atomic E-state index is 0.172. The molecule has 1 saturated carbocycles. The molecule has 0 aromatic carbocycles. The van der Waals surface area contributed by atoms with Gasteiger partial charge < -0.3 is 10.1 Å². The number of piperidine rings is 1. The third kappa shape index (κ3) is 4.96. The molecule has 2 aliphatic rings. The van der Waals surface area contributed by atoms with Crippen LogP contribution in [0.2, 0.25) is 0 Å². The molecule has 0 radical (unpaired) electrons. The van der Waals surface area contributed by atoms with E-state index in [0.717, 1.165) is 25.6 Å². The van der Waals surface area contributed by atoms with Crippen molar-refractivity contribution in [1.82, 2.24) is 10.2 Å². The highest BCUT2D eigenvalue weighted by Gasteiger charge is 2.41. The average Bonchev–Trinajstić information content (AvgIpc) is 2.82. The van der Waals surface area contributed by atoms with Crippen molar-refractivity contribution in [2.24, 2.45) is 11.3 Å². The highest BCUT2D eigenvalue weighted by atomic mass is 16.5. The van der Waals surface area contributed by atoms with Gasteiger partial charge in [0.2, 0.25) is 5.91 Å². The van der Waals surface area contributed by atoms with Crippen LogP contribution in [0.1, 0.15) is 52.4 Å². The molecule has 0 aromatic heterocycles. The highest BCUT2D eigenvalue weighted by Crippen LogP contribution is 2.49. The first-order valence-electron chi connectivity index (χ1n) is 8.54. The second kappa shape index (κ2) is 7.59. The van der Waals surface area contributed by atoms with Crippen molar-refractivity contribution in [2.75, 3.05) is 33.4 Å². The fourth-order valence-corrected chi connectivity index (χ4v) is 4.07. The third-order valence-corrected chi connectivity index (χ3v) is 5.27. The monoisotopic (exact) mass is 296 g/mol. The van der Waals surface area contributed by atoms with E-state index in [0.29, 0.717) is 12.0 Å². The summed E-state index contributed by atoms with van der Waals surface area (Å²) in [6, 6.07) is 0.241. The number of rotatable bonds is 6. The van der Waals surface area contributed by atoms with Gasteiger partial charge in [-0.1, -0.05) is 0 Å². The lowest BCUT2D eigenvalue weighted by molar-refractivity contribution is -0.123. The van der Waals surface area contributed by atoms with Gasteiger partial charge in [-0.3, -0.25) is 9.69 Å². The van der Waals surface area contributed by atoms with Gasteiger partial charge in [0, 0.05) is 19.8 Å². The first-order valence-corrected chi connectivity index (χ1v) is 8.54. The molecule has 1 aliphatic heterocycles. The van der Waals surface area contributed by atoms with Gasteiger partial charge in [0.15, 0.2) is 0 Å². The summed E-state index contributed by atoms with van der Waals surface area (Å²) in [7, 11) is 1.80. The number of nitrogens with one attached hydrogen (secondary N) is 1. The van der Waals surface area contributed by atoms with Crippen LogP contribution in [0.4, 0.5) is 0 Å². The number of likely N-dealkylation sites (tertiary alicyclic amines) is 1. The lowest BCUT2D eigenvalue weighted by atomic mass is 9.76. The van der Waals surface area contributed by atoms with Gasteiger partial charge in [-0.15, -0.1) is 0 Å². The van der Waals surface area contributed by atoms with Crippen molar-refractivity contribution >= 4 is 5.91 Å². The Morgan fingerprint density at radius 3 is 2.67 bits per heavy atom. The number of amides is 1. The van der Waals surface area contributed by atoms with Crippen LogP contribution >= 0.6 is 0 Å². The molecule has 1 atom stereocenters. The Hall–Kier alpha value is -0.610. The normalized spacial score (nSPS) is 25.6. The number of ether oxygens (including phenoxy) is 1. The van der Waals surface area contributed by atoms with Crippen LogP contribution in [0.3, 0.4) is 0 Å². The fraction of sp³-hybridized carbons (Fsp3) is 0.941.